The molecule has 1 N–H and O–H groups in total. The van der Waals surface area contributed by atoms with Crippen LogP contribution in [0.4, 0.5) is 0 Å². The first-order valence-electron chi connectivity index (χ1n) is 8.63. The van der Waals surface area contributed by atoms with Crippen molar-refractivity contribution in [2.75, 3.05) is 39.4 Å². The molecular weight excluding hydrogens is 332 g/mol. The maximum Gasteiger partial charge on any atom is 0.251 e. The SMILES string of the molecule is Cc1ccc(Sc2ccc(C(=O)NCCN3CCOCC3)cc2)cc1. The third kappa shape index (κ3) is 5.59. The van der Waals surface area contributed by atoms with Crippen molar-refractivity contribution in [3.63, 3.8) is 0 Å². The molecule has 3 rings (SSSR count). The second kappa shape index (κ2) is 9.04. The smallest absolute Gasteiger partial charge is 0.251 e. The fraction of sp³-hybridized carbons (Fsp3) is 0.350. The molecule has 0 unspecified atom stereocenters. The molecule has 0 aromatic heterocycles. The first kappa shape index (κ1) is 18.0. The lowest BCUT2D eigenvalue weighted by molar-refractivity contribution is 0.0383. The van der Waals surface area contributed by atoms with E-state index in [0.29, 0.717) is 12.1 Å². The average Bonchev–Trinajstić information content (AvgIpc) is 2.65. The van der Waals surface area contributed by atoms with E-state index >= 15 is 0 Å². The summed E-state index contributed by atoms with van der Waals surface area (Å²) in [6, 6.07) is 16.2. The van der Waals surface area contributed by atoms with E-state index < -0.39 is 0 Å². The molecule has 0 radical (unpaired) electrons. The van der Waals surface area contributed by atoms with E-state index in [1.54, 1.807) is 11.8 Å². The van der Waals surface area contributed by atoms with Gasteiger partial charge in [0.05, 0.1) is 13.2 Å². The van der Waals surface area contributed by atoms with Crippen molar-refractivity contribution in [1.29, 1.82) is 0 Å². The monoisotopic (exact) mass is 356 g/mol. The minimum absolute atomic E-state index is 0.0138. The molecule has 5 heteroatoms. The Labute approximate surface area is 153 Å². The highest BCUT2D eigenvalue weighted by Gasteiger charge is 2.11. The zero-order chi connectivity index (χ0) is 17.5. The van der Waals surface area contributed by atoms with E-state index in [1.165, 1.54) is 10.5 Å². The number of rotatable bonds is 6. The number of carbonyl (C=O) groups excluding carboxylic acids is 1. The number of amides is 1. The molecule has 132 valence electrons. The Morgan fingerprint density at radius 3 is 2.28 bits per heavy atom. The summed E-state index contributed by atoms with van der Waals surface area (Å²) in [6.07, 6.45) is 0. The van der Waals surface area contributed by atoms with E-state index in [9.17, 15) is 4.79 Å². The van der Waals surface area contributed by atoms with Gasteiger partial charge in [0.25, 0.3) is 5.91 Å². The van der Waals surface area contributed by atoms with Crippen LogP contribution < -0.4 is 5.32 Å². The van der Waals surface area contributed by atoms with Gasteiger partial charge in [-0.3, -0.25) is 9.69 Å². The Balaban J connectivity index is 1.47. The fourth-order valence-electron chi connectivity index (χ4n) is 2.67. The average molecular weight is 356 g/mol. The number of morpholine rings is 1. The lowest BCUT2D eigenvalue weighted by atomic mass is 10.2. The number of carbonyl (C=O) groups is 1. The molecule has 0 atom stereocenters. The summed E-state index contributed by atoms with van der Waals surface area (Å²) >= 11 is 1.70. The Hall–Kier alpha value is -1.82. The molecule has 1 aliphatic heterocycles. The van der Waals surface area contributed by atoms with Gasteiger partial charge < -0.3 is 10.1 Å². The van der Waals surface area contributed by atoms with Crippen molar-refractivity contribution in [2.45, 2.75) is 16.7 Å². The maximum atomic E-state index is 12.2. The third-order valence-electron chi connectivity index (χ3n) is 4.19. The van der Waals surface area contributed by atoms with Crippen LogP contribution in [0.1, 0.15) is 15.9 Å². The Kier molecular flexibility index (Phi) is 6.50. The van der Waals surface area contributed by atoms with Crippen molar-refractivity contribution in [1.82, 2.24) is 10.2 Å². The first-order chi connectivity index (χ1) is 12.2. The van der Waals surface area contributed by atoms with E-state index in [4.69, 9.17) is 4.74 Å². The molecule has 1 aliphatic rings. The summed E-state index contributed by atoms with van der Waals surface area (Å²) in [7, 11) is 0. The van der Waals surface area contributed by atoms with Gasteiger partial charge in [0, 0.05) is 41.5 Å². The summed E-state index contributed by atoms with van der Waals surface area (Å²) in [5.41, 5.74) is 1.96. The highest BCUT2D eigenvalue weighted by molar-refractivity contribution is 7.99. The number of nitrogens with zero attached hydrogens (tertiary/aromatic N) is 1. The summed E-state index contributed by atoms with van der Waals surface area (Å²) in [4.78, 5) is 16.9. The van der Waals surface area contributed by atoms with Gasteiger partial charge >= 0.3 is 0 Å². The van der Waals surface area contributed by atoms with Crippen LogP contribution in [-0.2, 0) is 4.74 Å². The standard InChI is InChI=1S/C20H24N2O2S/c1-16-2-6-18(7-3-16)25-19-8-4-17(5-9-19)20(23)21-10-11-22-12-14-24-15-13-22/h2-9H,10-15H2,1H3,(H,21,23). The minimum atomic E-state index is -0.0138. The molecule has 2 aromatic carbocycles. The number of benzene rings is 2. The molecule has 1 heterocycles. The number of aryl methyl sites for hydroxylation is 1. The van der Waals surface area contributed by atoms with Gasteiger partial charge in [-0.2, -0.15) is 0 Å². The molecule has 25 heavy (non-hydrogen) atoms. The molecule has 0 saturated carbocycles. The molecule has 1 fully saturated rings. The van der Waals surface area contributed by atoms with Crippen LogP contribution in [0.3, 0.4) is 0 Å². The predicted octanol–water partition coefficient (Wildman–Crippen LogP) is 3.21. The Bertz CT molecular complexity index is 680. The van der Waals surface area contributed by atoms with E-state index in [0.717, 1.165) is 37.7 Å². The highest BCUT2D eigenvalue weighted by Crippen LogP contribution is 2.27. The molecule has 0 aliphatic carbocycles. The summed E-state index contributed by atoms with van der Waals surface area (Å²) in [5.74, 6) is -0.0138. The highest BCUT2D eigenvalue weighted by atomic mass is 32.2. The van der Waals surface area contributed by atoms with Crippen molar-refractivity contribution < 1.29 is 9.53 Å². The molecular formula is C20H24N2O2S. The van der Waals surface area contributed by atoms with E-state index in [1.807, 2.05) is 24.3 Å². The Morgan fingerprint density at radius 2 is 1.64 bits per heavy atom. The normalized spacial score (nSPS) is 15.1. The van der Waals surface area contributed by atoms with Gasteiger partial charge in [-0.1, -0.05) is 29.5 Å². The van der Waals surface area contributed by atoms with Gasteiger partial charge in [0.15, 0.2) is 0 Å². The Morgan fingerprint density at radius 1 is 1.04 bits per heavy atom. The number of hydrogen-bond donors (Lipinski definition) is 1. The molecule has 2 aromatic rings. The number of hydrogen-bond acceptors (Lipinski definition) is 4. The molecule has 4 nitrogen and oxygen atoms in total. The predicted molar refractivity (Wildman–Crippen MR) is 101 cm³/mol. The van der Waals surface area contributed by atoms with Gasteiger partial charge in [0.1, 0.15) is 0 Å². The summed E-state index contributed by atoms with van der Waals surface area (Å²) in [5, 5.41) is 2.99. The summed E-state index contributed by atoms with van der Waals surface area (Å²) in [6.45, 7) is 7.08. The lowest BCUT2D eigenvalue weighted by Gasteiger charge is -2.26. The van der Waals surface area contributed by atoms with Crippen molar-refractivity contribution in [3.8, 4) is 0 Å². The van der Waals surface area contributed by atoms with Crippen molar-refractivity contribution >= 4 is 17.7 Å². The molecule has 0 bridgehead atoms. The van der Waals surface area contributed by atoms with Gasteiger partial charge in [-0.15, -0.1) is 0 Å². The van der Waals surface area contributed by atoms with Crippen molar-refractivity contribution in [3.05, 3.63) is 59.7 Å². The maximum absolute atomic E-state index is 12.2. The van der Waals surface area contributed by atoms with Crippen LogP contribution in [0, 0.1) is 6.92 Å². The van der Waals surface area contributed by atoms with Crippen LogP contribution in [0.15, 0.2) is 58.3 Å². The third-order valence-corrected chi connectivity index (χ3v) is 5.21. The van der Waals surface area contributed by atoms with Crippen LogP contribution in [0.2, 0.25) is 0 Å². The van der Waals surface area contributed by atoms with Crippen LogP contribution in [0.25, 0.3) is 0 Å². The number of ether oxygens (including phenoxy) is 1. The number of nitrogens with one attached hydrogen (secondary N) is 1. The van der Waals surface area contributed by atoms with E-state index in [2.05, 4.69) is 41.4 Å². The zero-order valence-corrected chi connectivity index (χ0v) is 15.3. The van der Waals surface area contributed by atoms with E-state index in [-0.39, 0.29) is 5.91 Å². The molecule has 1 saturated heterocycles. The summed E-state index contributed by atoms with van der Waals surface area (Å²) < 4.78 is 5.32. The van der Waals surface area contributed by atoms with Crippen LogP contribution >= 0.6 is 11.8 Å². The zero-order valence-electron chi connectivity index (χ0n) is 14.5. The topological polar surface area (TPSA) is 41.6 Å². The fourth-order valence-corrected chi connectivity index (χ4v) is 3.49. The van der Waals surface area contributed by atoms with Gasteiger partial charge in [-0.25, -0.2) is 0 Å². The second-order valence-electron chi connectivity index (χ2n) is 6.15. The largest absolute Gasteiger partial charge is 0.379 e. The second-order valence-corrected chi connectivity index (χ2v) is 7.30. The van der Waals surface area contributed by atoms with Gasteiger partial charge in [-0.05, 0) is 43.3 Å². The lowest BCUT2D eigenvalue weighted by Crippen LogP contribution is -2.41. The molecule has 1 amide bonds. The van der Waals surface area contributed by atoms with Crippen LogP contribution in [0.5, 0.6) is 0 Å². The first-order valence-corrected chi connectivity index (χ1v) is 9.45. The minimum Gasteiger partial charge on any atom is -0.379 e. The van der Waals surface area contributed by atoms with Crippen molar-refractivity contribution in [2.24, 2.45) is 0 Å². The quantitative estimate of drug-likeness (QED) is 0.863. The molecule has 0 spiro atoms. The van der Waals surface area contributed by atoms with Gasteiger partial charge in [0.2, 0.25) is 0 Å². The van der Waals surface area contributed by atoms with Crippen LogP contribution in [-0.4, -0.2) is 50.2 Å².